The molecule has 1 heterocycles. The molecule has 1 fully saturated rings. The number of hydrogen-bond donors (Lipinski definition) is 2. The van der Waals surface area contributed by atoms with Crippen molar-refractivity contribution in [3.63, 3.8) is 0 Å². The first kappa shape index (κ1) is 17.6. The van der Waals surface area contributed by atoms with Crippen molar-refractivity contribution in [3.05, 3.63) is 21.3 Å². The summed E-state index contributed by atoms with van der Waals surface area (Å²) in [5.74, 6) is 0. The van der Waals surface area contributed by atoms with Gasteiger partial charge in [-0.3, -0.25) is 0 Å². The van der Waals surface area contributed by atoms with E-state index in [0.717, 1.165) is 23.6 Å². The van der Waals surface area contributed by atoms with Crippen LogP contribution in [0.5, 0.6) is 0 Å². The Bertz CT molecular complexity index is 512. The van der Waals surface area contributed by atoms with Gasteiger partial charge in [0.1, 0.15) is 5.60 Å². The minimum Gasteiger partial charge on any atom is -0.444 e. The fraction of sp³-hybridized carbons (Fsp3) is 0.688. The Hall–Kier alpha value is -0.780. The van der Waals surface area contributed by atoms with Crippen LogP contribution in [0.25, 0.3) is 0 Å². The molecule has 22 heavy (non-hydrogen) atoms. The highest BCUT2D eigenvalue weighted by Crippen LogP contribution is 2.29. The fourth-order valence-electron chi connectivity index (χ4n) is 2.76. The largest absolute Gasteiger partial charge is 0.444 e. The Morgan fingerprint density at radius 2 is 2.05 bits per heavy atom. The van der Waals surface area contributed by atoms with Gasteiger partial charge < -0.3 is 15.4 Å². The first-order chi connectivity index (χ1) is 10.2. The van der Waals surface area contributed by atoms with Crippen molar-refractivity contribution in [2.45, 2.75) is 70.7 Å². The van der Waals surface area contributed by atoms with Gasteiger partial charge in [-0.2, -0.15) is 0 Å². The zero-order valence-electron chi connectivity index (χ0n) is 13.6. The van der Waals surface area contributed by atoms with E-state index in [-0.39, 0.29) is 24.2 Å². The van der Waals surface area contributed by atoms with Gasteiger partial charge in [0, 0.05) is 23.0 Å². The number of nitrogens with one attached hydrogen (secondary N) is 2. The lowest BCUT2D eigenvalue weighted by Gasteiger charge is -2.27. The number of rotatable bonds is 4. The third-order valence-corrected chi connectivity index (χ3v) is 5.12. The minimum absolute atomic E-state index is 0.118. The molecule has 0 aromatic carbocycles. The molecule has 0 radical (unpaired) electrons. The Balaban J connectivity index is 1.89. The molecule has 1 aliphatic rings. The molecule has 3 unspecified atom stereocenters. The highest BCUT2D eigenvalue weighted by Gasteiger charge is 2.31. The topological polar surface area (TPSA) is 50.4 Å². The van der Waals surface area contributed by atoms with Crippen molar-refractivity contribution < 1.29 is 9.53 Å². The summed E-state index contributed by atoms with van der Waals surface area (Å²) in [7, 11) is 0. The summed E-state index contributed by atoms with van der Waals surface area (Å²) in [6, 6.07) is 4.58. The van der Waals surface area contributed by atoms with E-state index < -0.39 is 5.60 Å². The standard InChI is InChI=1S/C16H25ClN2O2S/c1-10(13-8-9-14(17)22-13)18-11-6-5-7-12(11)19-15(20)21-16(2,3)4/h8-12,18H,5-7H2,1-4H3,(H,19,20). The van der Waals surface area contributed by atoms with E-state index in [1.54, 1.807) is 11.3 Å². The minimum atomic E-state index is -0.466. The molecule has 1 aromatic heterocycles. The van der Waals surface area contributed by atoms with Gasteiger partial charge in [0.2, 0.25) is 0 Å². The predicted octanol–water partition coefficient (Wildman–Crippen LogP) is 4.50. The van der Waals surface area contributed by atoms with Gasteiger partial charge in [0.05, 0.1) is 4.34 Å². The van der Waals surface area contributed by atoms with Gasteiger partial charge in [-0.05, 0) is 59.1 Å². The van der Waals surface area contributed by atoms with E-state index in [4.69, 9.17) is 16.3 Å². The monoisotopic (exact) mass is 344 g/mol. The second kappa shape index (κ2) is 7.20. The van der Waals surface area contributed by atoms with Crippen LogP contribution in [0.3, 0.4) is 0 Å². The van der Waals surface area contributed by atoms with Gasteiger partial charge in [0.15, 0.2) is 0 Å². The van der Waals surface area contributed by atoms with Gasteiger partial charge in [-0.1, -0.05) is 11.6 Å². The normalized spacial score (nSPS) is 23.3. The summed E-state index contributed by atoms with van der Waals surface area (Å²) in [6.07, 6.45) is 2.81. The molecule has 1 aliphatic carbocycles. The van der Waals surface area contributed by atoms with Crippen LogP contribution in [0.15, 0.2) is 12.1 Å². The van der Waals surface area contributed by atoms with Crippen LogP contribution in [0.1, 0.15) is 57.9 Å². The smallest absolute Gasteiger partial charge is 0.407 e. The molecule has 1 saturated carbocycles. The van der Waals surface area contributed by atoms with Crippen LogP contribution in [0.4, 0.5) is 4.79 Å². The maximum absolute atomic E-state index is 11.9. The molecule has 2 N–H and O–H groups in total. The van der Waals surface area contributed by atoms with Gasteiger partial charge in [-0.15, -0.1) is 11.3 Å². The van der Waals surface area contributed by atoms with E-state index in [2.05, 4.69) is 23.6 Å². The number of ether oxygens (including phenoxy) is 1. The van der Waals surface area contributed by atoms with Gasteiger partial charge >= 0.3 is 6.09 Å². The second-order valence-corrected chi connectivity index (χ2v) is 8.57. The number of alkyl carbamates (subject to hydrolysis) is 1. The quantitative estimate of drug-likeness (QED) is 0.845. The summed E-state index contributed by atoms with van der Waals surface area (Å²) >= 11 is 7.59. The SMILES string of the molecule is CC(NC1CCCC1NC(=O)OC(C)(C)C)c1ccc(Cl)s1. The molecule has 6 heteroatoms. The first-order valence-electron chi connectivity index (χ1n) is 7.75. The van der Waals surface area contributed by atoms with E-state index >= 15 is 0 Å². The van der Waals surface area contributed by atoms with Crippen LogP contribution < -0.4 is 10.6 Å². The molecule has 1 aromatic rings. The number of carbonyl (C=O) groups excluding carboxylic acids is 1. The fourth-order valence-corrected chi connectivity index (χ4v) is 3.83. The molecule has 0 aliphatic heterocycles. The number of thiophene rings is 1. The lowest BCUT2D eigenvalue weighted by molar-refractivity contribution is 0.0497. The number of hydrogen-bond acceptors (Lipinski definition) is 4. The zero-order chi connectivity index (χ0) is 16.3. The van der Waals surface area contributed by atoms with E-state index in [9.17, 15) is 4.79 Å². The summed E-state index contributed by atoms with van der Waals surface area (Å²) in [4.78, 5) is 13.2. The molecular formula is C16H25ClN2O2S. The number of halogens is 1. The third-order valence-electron chi connectivity index (χ3n) is 3.70. The van der Waals surface area contributed by atoms with E-state index in [0.29, 0.717) is 0 Å². The molecule has 0 spiro atoms. The third kappa shape index (κ3) is 5.14. The average Bonchev–Trinajstić information content (AvgIpc) is 2.97. The molecule has 0 saturated heterocycles. The van der Waals surface area contributed by atoms with Crippen LogP contribution in [-0.4, -0.2) is 23.8 Å². The van der Waals surface area contributed by atoms with Crippen LogP contribution in [0, 0.1) is 0 Å². The first-order valence-corrected chi connectivity index (χ1v) is 8.95. The summed E-state index contributed by atoms with van der Waals surface area (Å²) in [6.45, 7) is 7.75. The number of carbonyl (C=O) groups is 1. The highest BCUT2D eigenvalue weighted by molar-refractivity contribution is 7.16. The lowest BCUT2D eigenvalue weighted by atomic mass is 10.1. The van der Waals surface area contributed by atoms with E-state index in [1.165, 1.54) is 4.88 Å². The molecule has 3 atom stereocenters. The van der Waals surface area contributed by atoms with Crippen molar-refractivity contribution in [3.8, 4) is 0 Å². The van der Waals surface area contributed by atoms with Crippen molar-refractivity contribution >= 4 is 29.0 Å². The van der Waals surface area contributed by atoms with Crippen molar-refractivity contribution in [1.29, 1.82) is 0 Å². The van der Waals surface area contributed by atoms with Crippen molar-refractivity contribution in [1.82, 2.24) is 10.6 Å². The molecule has 0 bridgehead atoms. The molecule has 2 rings (SSSR count). The Kier molecular flexibility index (Phi) is 5.75. The number of amides is 1. The average molecular weight is 345 g/mol. The Labute approximate surface area is 141 Å². The summed E-state index contributed by atoms with van der Waals surface area (Å²) in [5.41, 5.74) is -0.466. The van der Waals surface area contributed by atoms with E-state index in [1.807, 2.05) is 26.8 Å². The van der Waals surface area contributed by atoms with Crippen molar-refractivity contribution in [2.75, 3.05) is 0 Å². The zero-order valence-corrected chi connectivity index (χ0v) is 15.2. The van der Waals surface area contributed by atoms with Gasteiger partial charge in [-0.25, -0.2) is 4.79 Å². The highest BCUT2D eigenvalue weighted by atomic mass is 35.5. The molecule has 1 amide bonds. The van der Waals surface area contributed by atoms with Crippen LogP contribution in [-0.2, 0) is 4.74 Å². The van der Waals surface area contributed by atoms with Crippen molar-refractivity contribution in [2.24, 2.45) is 0 Å². The maximum atomic E-state index is 11.9. The van der Waals surface area contributed by atoms with Crippen LogP contribution in [0.2, 0.25) is 4.34 Å². The predicted molar refractivity (Wildman–Crippen MR) is 91.7 cm³/mol. The molecular weight excluding hydrogens is 320 g/mol. The summed E-state index contributed by atoms with van der Waals surface area (Å²) in [5, 5.41) is 6.61. The maximum Gasteiger partial charge on any atom is 0.407 e. The Morgan fingerprint density at radius 3 is 2.64 bits per heavy atom. The molecule has 124 valence electrons. The summed E-state index contributed by atoms with van der Waals surface area (Å²) < 4.78 is 6.15. The van der Waals surface area contributed by atoms with Crippen LogP contribution >= 0.6 is 22.9 Å². The lowest BCUT2D eigenvalue weighted by Crippen LogP contribution is -2.48. The Morgan fingerprint density at radius 1 is 1.36 bits per heavy atom. The van der Waals surface area contributed by atoms with Gasteiger partial charge in [0.25, 0.3) is 0 Å². The second-order valence-electron chi connectivity index (χ2n) is 6.82. The molecule has 4 nitrogen and oxygen atoms in total.